The van der Waals surface area contributed by atoms with E-state index in [1.807, 2.05) is 6.92 Å². The largest absolute Gasteiger partial charge is 0.486 e. The summed E-state index contributed by atoms with van der Waals surface area (Å²) in [5.74, 6) is 1.01. The van der Waals surface area contributed by atoms with Crippen LogP contribution in [0.25, 0.3) is 0 Å². The van der Waals surface area contributed by atoms with E-state index in [4.69, 9.17) is 9.47 Å². The van der Waals surface area contributed by atoms with Crippen LogP contribution in [0.1, 0.15) is 6.92 Å². The SMILES string of the molecule is C[C@@H]1COc2ccc([N+](=O)[O-])cc2O1. The Hall–Kier alpha value is -1.78. The highest BCUT2D eigenvalue weighted by atomic mass is 16.6. The van der Waals surface area contributed by atoms with E-state index in [1.165, 1.54) is 12.1 Å². The molecule has 0 saturated heterocycles. The molecule has 1 heterocycles. The van der Waals surface area contributed by atoms with Crippen LogP contribution < -0.4 is 9.47 Å². The third-order valence-electron chi connectivity index (χ3n) is 1.94. The molecule has 0 aliphatic carbocycles. The van der Waals surface area contributed by atoms with Gasteiger partial charge in [-0.1, -0.05) is 0 Å². The lowest BCUT2D eigenvalue weighted by atomic mass is 10.2. The first-order valence-electron chi connectivity index (χ1n) is 4.25. The van der Waals surface area contributed by atoms with Crippen molar-refractivity contribution in [3.05, 3.63) is 28.3 Å². The number of non-ortho nitro benzene ring substituents is 1. The molecule has 1 aliphatic heterocycles. The Kier molecular flexibility index (Phi) is 1.99. The summed E-state index contributed by atoms with van der Waals surface area (Å²) in [5, 5.41) is 10.5. The molecule has 14 heavy (non-hydrogen) atoms. The van der Waals surface area contributed by atoms with Crippen molar-refractivity contribution in [2.45, 2.75) is 13.0 Å². The molecule has 74 valence electrons. The Bertz CT molecular complexity index is 377. The van der Waals surface area contributed by atoms with Gasteiger partial charge in [0.05, 0.1) is 11.0 Å². The smallest absolute Gasteiger partial charge is 0.273 e. The lowest BCUT2D eigenvalue weighted by Gasteiger charge is -2.23. The van der Waals surface area contributed by atoms with Crippen LogP contribution in [0.2, 0.25) is 0 Å². The predicted molar refractivity (Wildman–Crippen MR) is 48.7 cm³/mol. The number of hydrogen-bond acceptors (Lipinski definition) is 4. The molecule has 0 bridgehead atoms. The van der Waals surface area contributed by atoms with Crippen molar-refractivity contribution in [2.24, 2.45) is 0 Å². The molecule has 1 aromatic carbocycles. The molecule has 1 aliphatic rings. The Morgan fingerprint density at radius 2 is 2.29 bits per heavy atom. The minimum atomic E-state index is -0.455. The molecule has 5 heteroatoms. The van der Waals surface area contributed by atoms with Gasteiger partial charge in [-0.15, -0.1) is 0 Å². The van der Waals surface area contributed by atoms with Gasteiger partial charge in [-0.3, -0.25) is 10.1 Å². The summed E-state index contributed by atoms with van der Waals surface area (Å²) in [6.07, 6.45) is -0.0653. The van der Waals surface area contributed by atoms with Crippen LogP contribution in [0, 0.1) is 10.1 Å². The van der Waals surface area contributed by atoms with E-state index in [-0.39, 0.29) is 11.8 Å². The maximum absolute atomic E-state index is 10.5. The fourth-order valence-corrected chi connectivity index (χ4v) is 1.28. The van der Waals surface area contributed by atoms with Crippen molar-refractivity contribution in [1.29, 1.82) is 0 Å². The summed E-state index contributed by atoms with van der Waals surface area (Å²) in [4.78, 5) is 10.0. The fraction of sp³-hybridized carbons (Fsp3) is 0.333. The molecular formula is C9H9NO4. The summed E-state index contributed by atoms with van der Waals surface area (Å²) < 4.78 is 10.7. The molecule has 0 radical (unpaired) electrons. The number of fused-ring (bicyclic) bond motifs is 1. The van der Waals surface area contributed by atoms with Gasteiger partial charge in [0, 0.05) is 6.07 Å². The second-order valence-electron chi connectivity index (χ2n) is 3.13. The van der Waals surface area contributed by atoms with E-state index in [2.05, 4.69) is 0 Å². The molecule has 0 unspecified atom stereocenters. The first-order valence-corrected chi connectivity index (χ1v) is 4.25. The quantitative estimate of drug-likeness (QED) is 0.506. The van der Waals surface area contributed by atoms with Crippen LogP contribution >= 0.6 is 0 Å². The van der Waals surface area contributed by atoms with Gasteiger partial charge < -0.3 is 9.47 Å². The van der Waals surface area contributed by atoms with Crippen molar-refractivity contribution in [1.82, 2.24) is 0 Å². The van der Waals surface area contributed by atoms with Crippen molar-refractivity contribution in [3.63, 3.8) is 0 Å². The highest BCUT2D eigenvalue weighted by Crippen LogP contribution is 2.34. The number of benzene rings is 1. The van der Waals surface area contributed by atoms with Crippen LogP contribution in [0.3, 0.4) is 0 Å². The molecule has 0 spiro atoms. The third-order valence-corrected chi connectivity index (χ3v) is 1.94. The molecule has 0 aromatic heterocycles. The Morgan fingerprint density at radius 1 is 1.50 bits per heavy atom. The van der Waals surface area contributed by atoms with Crippen LogP contribution in [0.5, 0.6) is 11.5 Å². The van der Waals surface area contributed by atoms with Crippen molar-refractivity contribution in [2.75, 3.05) is 6.61 Å². The van der Waals surface area contributed by atoms with Crippen molar-refractivity contribution >= 4 is 5.69 Å². The minimum Gasteiger partial charge on any atom is -0.486 e. The Morgan fingerprint density at radius 3 is 3.00 bits per heavy atom. The van der Waals surface area contributed by atoms with Gasteiger partial charge in [-0.25, -0.2) is 0 Å². The minimum absolute atomic E-state index is 0.0152. The average Bonchev–Trinajstić information content (AvgIpc) is 2.16. The molecule has 0 fully saturated rings. The zero-order valence-electron chi connectivity index (χ0n) is 7.60. The van der Waals surface area contributed by atoms with Gasteiger partial charge in [0.1, 0.15) is 12.7 Å². The fourth-order valence-electron chi connectivity index (χ4n) is 1.28. The zero-order chi connectivity index (χ0) is 10.1. The normalized spacial score (nSPS) is 19.1. The Balaban J connectivity index is 2.37. The number of nitrogens with zero attached hydrogens (tertiary/aromatic N) is 1. The maximum atomic E-state index is 10.5. The zero-order valence-corrected chi connectivity index (χ0v) is 7.60. The first kappa shape index (κ1) is 8.80. The second-order valence-corrected chi connectivity index (χ2v) is 3.13. The van der Waals surface area contributed by atoms with Gasteiger partial charge >= 0.3 is 0 Å². The van der Waals surface area contributed by atoms with E-state index >= 15 is 0 Å². The molecule has 5 nitrogen and oxygen atoms in total. The van der Waals surface area contributed by atoms with Crippen LogP contribution in [-0.4, -0.2) is 17.6 Å². The maximum Gasteiger partial charge on any atom is 0.273 e. The lowest BCUT2D eigenvalue weighted by Crippen LogP contribution is -2.25. The Labute approximate surface area is 80.4 Å². The van der Waals surface area contributed by atoms with E-state index in [0.717, 1.165) is 0 Å². The number of rotatable bonds is 1. The van der Waals surface area contributed by atoms with Gasteiger partial charge in [0.2, 0.25) is 0 Å². The van der Waals surface area contributed by atoms with Crippen LogP contribution in [0.4, 0.5) is 5.69 Å². The third kappa shape index (κ3) is 1.48. The molecular weight excluding hydrogens is 186 g/mol. The number of nitro benzene ring substituents is 1. The van der Waals surface area contributed by atoms with Crippen LogP contribution in [0.15, 0.2) is 18.2 Å². The number of ether oxygens (including phenoxy) is 2. The number of hydrogen-bond donors (Lipinski definition) is 0. The van der Waals surface area contributed by atoms with E-state index in [1.54, 1.807) is 6.07 Å². The molecule has 0 amide bonds. The van der Waals surface area contributed by atoms with Gasteiger partial charge in [0.25, 0.3) is 5.69 Å². The van der Waals surface area contributed by atoms with E-state index in [9.17, 15) is 10.1 Å². The van der Waals surface area contributed by atoms with E-state index < -0.39 is 4.92 Å². The molecule has 1 aromatic rings. The monoisotopic (exact) mass is 195 g/mol. The van der Waals surface area contributed by atoms with Gasteiger partial charge in [-0.2, -0.15) is 0 Å². The average molecular weight is 195 g/mol. The predicted octanol–water partition coefficient (Wildman–Crippen LogP) is 1.75. The van der Waals surface area contributed by atoms with Crippen LogP contribution in [-0.2, 0) is 0 Å². The summed E-state index contributed by atoms with van der Waals surface area (Å²) in [6, 6.07) is 4.34. The van der Waals surface area contributed by atoms with Crippen molar-refractivity contribution < 1.29 is 14.4 Å². The molecule has 0 N–H and O–H groups in total. The summed E-state index contributed by atoms with van der Waals surface area (Å²) in [6.45, 7) is 2.33. The second kappa shape index (κ2) is 3.17. The summed E-state index contributed by atoms with van der Waals surface area (Å²) >= 11 is 0. The van der Waals surface area contributed by atoms with E-state index in [0.29, 0.717) is 18.1 Å². The summed E-state index contributed by atoms with van der Waals surface area (Å²) in [7, 11) is 0. The lowest BCUT2D eigenvalue weighted by molar-refractivity contribution is -0.385. The molecule has 1 atom stereocenters. The van der Waals surface area contributed by atoms with Gasteiger partial charge in [0.15, 0.2) is 11.5 Å². The standard InChI is InChI=1S/C9H9NO4/c1-6-5-13-8-3-2-7(10(11)12)4-9(8)14-6/h2-4,6H,5H2,1H3/t6-/m1/s1. The molecule has 2 rings (SSSR count). The van der Waals surface area contributed by atoms with Gasteiger partial charge in [-0.05, 0) is 13.0 Å². The molecule has 0 saturated carbocycles. The number of nitro groups is 1. The topological polar surface area (TPSA) is 61.6 Å². The highest BCUT2D eigenvalue weighted by molar-refractivity contribution is 5.49. The highest BCUT2D eigenvalue weighted by Gasteiger charge is 2.19. The first-order chi connectivity index (χ1) is 6.66. The van der Waals surface area contributed by atoms with Crippen molar-refractivity contribution in [3.8, 4) is 11.5 Å². The summed E-state index contributed by atoms with van der Waals surface area (Å²) in [5.41, 5.74) is 0.0152.